The van der Waals surface area contributed by atoms with Crippen molar-refractivity contribution in [3.05, 3.63) is 60.2 Å². The van der Waals surface area contributed by atoms with Gasteiger partial charge in [0.05, 0.1) is 27.8 Å². The van der Waals surface area contributed by atoms with Gasteiger partial charge >= 0.3 is 0 Å². The number of carbonyl (C=O) groups excluding carboxylic acids is 1. The first-order chi connectivity index (χ1) is 14.1. The van der Waals surface area contributed by atoms with Gasteiger partial charge in [-0.25, -0.2) is 0 Å². The Morgan fingerprint density at radius 3 is 2.31 bits per heavy atom. The summed E-state index contributed by atoms with van der Waals surface area (Å²) in [5, 5.41) is 14.0. The summed E-state index contributed by atoms with van der Waals surface area (Å²) in [7, 11) is 4.73. The van der Waals surface area contributed by atoms with Crippen molar-refractivity contribution in [2.75, 3.05) is 32.0 Å². The van der Waals surface area contributed by atoms with Crippen molar-refractivity contribution in [2.24, 2.45) is 0 Å². The van der Waals surface area contributed by atoms with E-state index < -0.39 is 0 Å². The van der Waals surface area contributed by atoms with Crippen LogP contribution in [0.5, 0.6) is 17.2 Å². The lowest BCUT2D eigenvalue weighted by atomic mass is 10.1. The molecule has 0 spiro atoms. The van der Waals surface area contributed by atoms with Crippen LogP contribution in [-0.4, -0.2) is 37.4 Å². The molecule has 3 aromatic rings. The Balaban J connectivity index is 1.59. The molecule has 8 nitrogen and oxygen atoms in total. The maximum atomic E-state index is 12.3. The Morgan fingerprint density at radius 2 is 1.62 bits per heavy atom. The molecule has 1 heterocycles. The standard InChI is InChI=1S/C21H22N4O4/c1-27-16-6-4-5-15(13-16)22-19-9-10-20(25-24-19)23-21(26)12-14-7-8-17(28-2)18(11-14)29-3/h4-11,13H,12H2,1-3H3,(H,22,24)(H,23,25,26). The van der Waals surface area contributed by atoms with Gasteiger partial charge in [-0.1, -0.05) is 12.1 Å². The maximum Gasteiger partial charge on any atom is 0.229 e. The molecule has 0 saturated heterocycles. The van der Waals surface area contributed by atoms with Crippen LogP contribution in [0.4, 0.5) is 17.3 Å². The molecule has 0 aliphatic carbocycles. The molecule has 0 fully saturated rings. The second-order valence-electron chi connectivity index (χ2n) is 6.08. The predicted molar refractivity (Wildman–Crippen MR) is 110 cm³/mol. The summed E-state index contributed by atoms with van der Waals surface area (Å²) >= 11 is 0. The van der Waals surface area contributed by atoms with Gasteiger partial charge in [0.15, 0.2) is 23.1 Å². The molecule has 2 N–H and O–H groups in total. The van der Waals surface area contributed by atoms with Gasteiger partial charge in [-0.3, -0.25) is 4.79 Å². The maximum absolute atomic E-state index is 12.3. The van der Waals surface area contributed by atoms with Gasteiger partial charge in [-0.15, -0.1) is 10.2 Å². The van der Waals surface area contributed by atoms with Crippen LogP contribution >= 0.6 is 0 Å². The molecular weight excluding hydrogens is 372 g/mol. The molecule has 0 radical (unpaired) electrons. The van der Waals surface area contributed by atoms with E-state index in [0.717, 1.165) is 17.0 Å². The van der Waals surface area contributed by atoms with Crippen LogP contribution in [0.15, 0.2) is 54.6 Å². The smallest absolute Gasteiger partial charge is 0.229 e. The van der Waals surface area contributed by atoms with Crippen molar-refractivity contribution in [1.29, 1.82) is 0 Å². The van der Waals surface area contributed by atoms with Crippen molar-refractivity contribution in [2.45, 2.75) is 6.42 Å². The molecule has 29 heavy (non-hydrogen) atoms. The zero-order valence-corrected chi connectivity index (χ0v) is 16.4. The fraction of sp³-hybridized carbons (Fsp3) is 0.190. The highest BCUT2D eigenvalue weighted by Gasteiger charge is 2.10. The van der Waals surface area contributed by atoms with Crippen LogP contribution in [0.1, 0.15) is 5.56 Å². The first-order valence-corrected chi connectivity index (χ1v) is 8.87. The predicted octanol–water partition coefficient (Wildman–Crippen LogP) is 3.43. The van der Waals surface area contributed by atoms with E-state index in [1.54, 1.807) is 45.6 Å². The van der Waals surface area contributed by atoms with E-state index in [-0.39, 0.29) is 12.3 Å². The summed E-state index contributed by atoms with van der Waals surface area (Å²) in [5.41, 5.74) is 1.62. The molecule has 0 aliphatic rings. The summed E-state index contributed by atoms with van der Waals surface area (Å²) in [6, 6.07) is 16.2. The number of methoxy groups -OCH3 is 3. The van der Waals surface area contributed by atoms with E-state index in [2.05, 4.69) is 20.8 Å². The average molecular weight is 394 g/mol. The Bertz CT molecular complexity index is 977. The van der Waals surface area contributed by atoms with E-state index in [1.807, 2.05) is 30.3 Å². The third-order valence-corrected chi connectivity index (χ3v) is 4.09. The van der Waals surface area contributed by atoms with E-state index in [4.69, 9.17) is 14.2 Å². The number of anilines is 3. The molecule has 150 valence electrons. The van der Waals surface area contributed by atoms with E-state index in [0.29, 0.717) is 23.1 Å². The number of benzene rings is 2. The third-order valence-electron chi connectivity index (χ3n) is 4.09. The number of aromatic nitrogens is 2. The van der Waals surface area contributed by atoms with Crippen molar-refractivity contribution >= 4 is 23.2 Å². The largest absolute Gasteiger partial charge is 0.497 e. The number of ether oxygens (including phenoxy) is 3. The lowest BCUT2D eigenvalue weighted by Crippen LogP contribution is -2.15. The Morgan fingerprint density at radius 1 is 0.862 bits per heavy atom. The fourth-order valence-electron chi connectivity index (χ4n) is 2.68. The van der Waals surface area contributed by atoms with Crippen LogP contribution < -0.4 is 24.8 Å². The molecule has 0 aliphatic heterocycles. The Labute approximate surface area is 168 Å². The summed E-state index contributed by atoms with van der Waals surface area (Å²) < 4.78 is 15.7. The summed E-state index contributed by atoms with van der Waals surface area (Å²) in [5.74, 6) is 2.64. The van der Waals surface area contributed by atoms with Crippen LogP contribution in [0.25, 0.3) is 0 Å². The van der Waals surface area contributed by atoms with Crippen molar-refractivity contribution in [3.8, 4) is 17.2 Å². The minimum atomic E-state index is -0.208. The lowest BCUT2D eigenvalue weighted by Gasteiger charge is -2.10. The molecule has 0 saturated carbocycles. The van der Waals surface area contributed by atoms with Crippen molar-refractivity contribution in [1.82, 2.24) is 10.2 Å². The number of hydrogen-bond donors (Lipinski definition) is 2. The fourth-order valence-corrected chi connectivity index (χ4v) is 2.68. The van der Waals surface area contributed by atoms with Gasteiger partial charge < -0.3 is 24.8 Å². The number of amides is 1. The minimum absolute atomic E-state index is 0.172. The lowest BCUT2D eigenvalue weighted by molar-refractivity contribution is -0.115. The summed E-state index contributed by atoms with van der Waals surface area (Å²) in [6.45, 7) is 0. The molecule has 3 rings (SSSR count). The molecule has 1 aromatic heterocycles. The van der Waals surface area contributed by atoms with Crippen molar-refractivity contribution in [3.63, 3.8) is 0 Å². The quantitative estimate of drug-likeness (QED) is 0.604. The summed E-state index contributed by atoms with van der Waals surface area (Å²) in [4.78, 5) is 12.3. The van der Waals surface area contributed by atoms with E-state index >= 15 is 0 Å². The highest BCUT2D eigenvalue weighted by Crippen LogP contribution is 2.27. The van der Waals surface area contributed by atoms with Gasteiger partial charge in [-0.05, 0) is 42.0 Å². The second-order valence-corrected chi connectivity index (χ2v) is 6.08. The van der Waals surface area contributed by atoms with Gasteiger partial charge in [-0.2, -0.15) is 0 Å². The third kappa shape index (κ3) is 5.35. The molecule has 0 unspecified atom stereocenters. The van der Waals surface area contributed by atoms with Gasteiger partial charge in [0.25, 0.3) is 0 Å². The van der Waals surface area contributed by atoms with Crippen LogP contribution in [0.2, 0.25) is 0 Å². The summed E-state index contributed by atoms with van der Waals surface area (Å²) in [6.07, 6.45) is 0.172. The Hall–Kier alpha value is -3.81. The van der Waals surface area contributed by atoms with Gasteiger partial charge in [0, 0.05) is 11.8 Å². The number of nitrogens with zero attached hydrogens (tertiary/aromatic N) is 2. The highest BCUT2D eigenvalue weighted by molar-refractivity contribution is 5.91. The average Bonchev–Trinajstić information content (AvgIpc) is 2.75. The molecule has 8 heteroatoms. The molecule has 1 amide bonds. The zero-order valence-electron chi connectivity index (χ0n) is 16.4. The SMILES string of the molecule is COc1cccc(Nc2ccc(NC(=O)Cc3ccc(OC)c(OC)c3)nn2)c1. The van der Waals surface area contributed by atoms with Crippen molar-refractivity contribution < 1.29 is 19.0 Å². The zero-order chi connectivity index (χ0) is 20.6. The number of hydrogen-bond acceptors (Lipinski definition) is 7. The monoisotopic (exact) mass is 394 g/mol. The number of rotatable bonds is 8. The van der Waals surface area contributed by atoms with Crippen LogP contribution in [0.3, 0.4) is 0 Å². The molecule has 2 aromatic carbocycles. The molecular formula is C21H22N4O4. The van der Waals surface area contributed by atoms with Crippen LogP contribution in [0, 0.1) is 0 Å². The number of carbonyl (C=O) groups is 1. The first-order valence-electron chi connectivity index (χ1n) is 8.87. The van der Waals surface area contributed by atoms with Gasteiger partial charge in [0.2, 0.25) is 5.91 Å². The minimum Gasteiger partial charge on any atom is -0.497 e. The Kier molecular flexibility index (Phi) is 6.47. The van der Waals surface area contributed by atoms with Crippen LogP contribution in [-0.2, 0) is 11.2 Å². The topological polar surface area (TPSA) is 94.6 Å². The second kappa shape index (κ2) is 9.41. The molecule has 0 atom stereocenters. The van der Waals surface area contributed by atoms with Gasteiger partial charge in [0.1, 0.15) is 5.75 Å². The van der Waals surface area contributed by atoms with E-state index in [1.165, 1.54) is 0 Å². The first kappa shape index (κ1) is 19.9. The molecule has 0 bridgehead atoms. The van der Waals surface area contributed by atoms with E-state index in [9.17, 15) is 4.79 Å². The highest BCUT2D eigenvalue weighted by atomic mass is 16.5. The number of nitrogens with one attached hydrogen (secondary N) is 2. The normalized spacial score (nSPS) is 10.2.